The van der Waals surface area contributed by atoms with Crippen LogP contribution in [0, 0.1) is 0 Å². The predicted molar refractivity (Wildman–Crippen MR) is 66.9 cm³/mol. The van der Waals surface area contributed by atoms with Gasteiger partial charge in [0.2, 0.25) is 0 Å². The van der Waals surface area contributed by atoms with Crippen LogP contribution in [0.15, 0.2) is 24.3 Å². The molecular weight excluding hydrogens is 218 g/mol. The third-order valence-corrected chi connectivity index (χ3v) is 2.39. The molecule has 0 amide bonds. The van der Waals surface area contributed by atoms with Gasteiger partial charge in [-0.25, -0.2) is 0 Å². The smallest absolute Gasteiger partial charge is 0.175 e. The topological polar surface area (TPSA) is 53.7 Å². The standard InChI is InChI=1S/C13H21NO3/c1-9(2)17-11-7-5-10(6-8-11)12(14)13(15-3)16-4/h5-9,12-13H,14H2,1-4H3. The first-order valence-corrected chi connectivity index (χ1v) is 5.66. The summed E-state index contributed by atoms with van der Waals surface area (Å²) in [7, 11) is 3.15. The lowest BCUT2D eigenvalue weighted by atomic mass is 10.1. The SMILES string of the molecule is COC(OC)C(N)c1ccc(OC(C)C)cc1. The molecule has 0 heterocycles. The molecule has 0 aromatic heterocycles. The first-order chi connectivity index (χ1) is 8.08. The van der Waals surface area contributed by atoms with Gasteiger partial charge in [-0.3, -0.25) is 0 Å². The van der Waals surface area contributed by atoms with Crippen molar-refractivity contribution in [2.45, 2.75) is 32.3 Å². The van der Waals surface area contributed by atoms with E-state index in [9.17, 15) is 0 Å². The van der Waals surface area contributed by atoms with Gasteiger partial charge in [-0.2, -0.15) is 0 Å². The molecule has 0 aliphatic heterocycles. The molecule has 17 heavy (non-hydrogen) atoms. The Labute approximate surface area is 103 Å². The molecule has 1 rings (SSSR count). The zero-order valence-corrected chi connectivity index (χ0v) is 10.8. The second kappa shape index (κ2) is 6.59. The number of ether oxygens (including phenoxy) is 3. The minimum atomic E-state index is -0.438. The monoisotopic (exact) mass is 239 g/mol. The average Bonchev–Trinajstić information content (AvgIpc) is 2.30. The van der Waals surface area contributed by atoms with Gasteiger partial charge < -0.3 is 19.9 Å². The van der Waals surface area contributed by atoms with Crippen molar-refractivity contribution in [3.63, 3.8) is 0 Å². The van der Waals surface area contributed by atoms with Crippen LogP contribution >= 0.6 is 0 Å². The molecule has 0 saturated heterocycles. The largest absolute Gasteiger partial charge is 0.491 e. The summed E-state index contributed by atoms with van der Waals surface area (Å²) >= 11 is 0. The molecule has 0 aliphatic rings. The average molecular weight is 239 g/mol. The van der Waals surface area contributed by atoms with Gasteiger partial charge in [-0.1, -0.05) is 12.1 Å². The predicted octanol–water partition coefficient (Wildman–Crippen LogP) is 2.09. The highest BCUT2D eigenvalue weighted by Gasteiger charge is 2.18. The number of rotatable bonds is 6. The number of hydrogen-bond acceptors (Lipinski definition) is 4. The highest BCUT2D eigenvalue weighted by Crippen LogP contribution is 2.20. The third-order valence-electron chi connectivity index (χ3n) is 2.39. The van der Waals surface area contributed by atoms with E-state index in [-0.39, 0.29) is 12.1 Å². The molecule has 0 saturated carbocycles. The van der Waals surface area contributed by atoms with Gasteiger partial charge in [-0.05, 0) is 31.5 Å². The molecule has 2 N–H and O–H groups in total. The normalized spacial score (nSPS) is 13.1. The quantitative estimate of drug-likeness (QED) is 0.772. The van der Waals surface area contributed by atoms with Gasteiger partial charge in [0.05, 0.1) is 12.1 Å². The van der Waals surface area contributed by atoms with E-state index in [1.807, 2.05) is 38.1 Å². The fraction of sp³-hybridized carbons (Fsp3) is 0.538. The molecule has 1 aromatic carbocycles. The summed E-state index contributed by atoms with van der Waals surface area (Å²) < 4.78 is 15.8. The van der Waals surface area contributed by atoms with Crippen molar-refractivity contribution < 1.29 is 14.2 Å². The van der Waals surface area contributed by atoms with Crippen molar-refractivity contribution in [3.8, 4) is 5.75 Å². The van der Waals surface area contributed by atoms with Gasteiger partial charge in [0, 0.05) is 14.2 Å². The second-order valence-electron chi connectivity index (χ2n) is 4.10. The Kier molecular flexibility index (Phi) is 5.41. The zero-order valence-electron chi connectivity index (χ0n) is 10.8. The van der Waals surface area contributed by atoms with Crippen LogP contribution in [0.3, 0.4) is 0 Å². The minimum Gasteiger partial charge on any atom is -0.491 e. The van der Waals surface area contributed by atoms with Crippen molar-refractivity contribution in [1.82, 2.24) is 0 Å². The van der Waals surface area contributed by atoms with Crippen LogP contribution < -0.4 is 10.5 Å². The summed E-state index contributed by atoms with van der Waals surface area (Å²) in [4.78, 5) is 0. The minimum absolute atomic E-state index is 0.167. The van der Waals surface area contributed by atoms with Crippen LogP contribution in [0.4, 0.5) is 0 Å². The molecule has 0 aliphatic carbocycles. The van der Waals surface area contributed by atoms with Crippen molar-refractivity contribution in [2.24, 2.45) is 5.73 Å². The summed E-state index contributed by atoms with van der Waals surface area (Å²) in [6, 6.07) is 7.34. The third kappa shape index (κ3) is 4.00. The summed E-state index contributed by atoms with van der Waals surface area (Å²) in [6.07, 6.45) is -0.271. The molecule has 96 valence electrons. The summed E-state index contributed by atoms with van der Waals surface area (Å²) in [5.74, 6) is 0.835. The van der Waals surface area contributed by atoms with E-state index >= 15 is 0 Å². The molecular formula is C13H21NO3. The van der Waals surface area contributed by atoms with Crippen LogP contribution in [0.2, 0.25) is 0 Å². The highest BCUT2D eigenvalue weighted by atomic mass is 16.7. The number of benzene rings is 1. The van der Waals surface area contributed by atoms with E-state index in [2.05, 4.69) is 0 Å². The lowest BCUT2D eigenvalue weighted by Gasteiger charge is -2.21. The van der Waals surface area contributed by atoms with E-state index in [0.717, 1.165) is 11.3 Å². The Bertz CT molecular complexity index is 320. The van der Waals surface area contributed by atoms with Gasteiger partial charge in [0.25, 0.3) is 0 Å². The fourth-order valence-corrected chi connectivity index (χ4v) is 1.59. The fourth-order valence-electron chi connectivity index (χ4n) is 1.59. The highest BCUT2D eigenvalue weighted by molar-refractivity contribution is 5.29. The number of methoxy groups -OCH3 is 2. The van der Waals surface area contributed by atoms with Gasteiger partial charge in [0.1, 0.15) is 5.75 Å². The molecule has 0 fully saturated rings. The zero-order chi connectivity index (χ0) is 12.8. The summed E-state index contributed by atoms with van der Waals surface area (Å²) in [5.41, 5.74) is 6.97. The van der Waals surface area contributed by atoms with E-state index in [1.54, 1.807) is 14.2 Å². The number of hydrogen-bond donors (Lipinski definition) is 1. The maximum absolute atomic E-state index is 6.02. The second-order valence-corrected chi connectivity index (χ2v) is 4.10. The Morgan fingerprint density at radius 1 is 1.00 bits per heavy atom. The molecule has 1 atom stereocenters. The summed E-state index contributed by atoms with van der Waals surface area (Å²) in [5, 5.41) is 0. The number of nitrogens with two attached hydrogens (primary N) is 1. The van der Waals surface area contributed by atoms with Crippen molar-refractivity contribution >= 4 is 0 Å². The van der Waals surface area contributed by atoms with Crippen molar-refractivity contribution in [1.29, 1.82) is 0 Å². The van der Waals surface area contributed by atoms with Crippen molar-refractivity contribution in [3.05, 3.63) is 29.8 Å². The maximum atomic E-state index is 6.02. The molecule has 1 aromatic rings. The van der Waals surface area contributed by atoms with Gasteiger partial charge in [0.15, 0.2) is 6.29 Å². The van der Waals surface area contributed by atoms with Crippen molar-refractivity contribution in [2.75, 3.05) is 14.2 Å². The van der Waals surface area contributed by atoms with Crippen LogP contribution in [0.5, 0.6) is 5.75 Å². The maximum Gasteiger partial charge on any atom is 0.175 e. The van der Waals surface area contributed by atoms with Gasteiger partial charge >= 0.3 is 0 Å². The molecule has 4 heteroatoms. The summed E-state index contributed by atoms with van der Waals surface area (Å²) in [6.45, 7) is 3.98. The van der Waals surface area contributed by atoms with E-state index in [4.69, 9.17) is 19.9 Å². The first kappa shape index (κ1) is 14.0. The molecule has 4 nitrogen and oxygen atoms in total. The first-order valence-electron chi connectivity index (χ1n) is 5.66. The lowest BCUT2D eigenvalue weighted by Crippen LogP contribution is -2.29. The van der Waals surface area contributed by atoms with E-state index < -0.39 is 6.29 Å². The molecule has 0 radical (unpaired) electrons. The lowest BCUT2D eigenvalue weighted by molar-refractivity contribution is -0.117. The van der Waals surface area contributed by atoms with Crippen LogP contribution in [0.25, 0.3) is 0 Å². The van der Waals surface area contributed by atoms with Crippen LogP contribution in [-0.2, 0) is 9.47 Å². The van der Waals surface area contributed by atoms with Crippen LogP contribution in [0.1, 0.15) is 25.5 Å². The molecule has 1 unspecified atom stereocenters. The molecule has 0 bridgehead atoms. The Morgan fingerprint density at radius 2 is 1.53 bits per heavy atom. The van der Waals surface area contributed by atoms with Gasteiger partial charge in [-0.15, -0.1) is 0 Å². The molecule has 0 spiro atoms. The van der Waals surface area contributed by atoms with Crippen LogP contribution in [-0.4, -0.2) is 26.6 Å². The Hall–Kier alpha value is -1.10. The van der Waals surface area contributed by atoms with E-state index in [0.29, 0.717) is 0 Å². The Morgan fingerprint density at radius 3 is 1.94 bits per heavy atom. The van der Waals surface area contributed by atoms with E-state index in [1.165, 1.54) is 0 Å². The Balaban J connectivity index is 2.72.